The van der Waals surface area contributed by atoms with Crippen molar-refractivity contribution >= 4 is 5.97 Å². The van der Waals surface area contributed by atoms with E-state index in [1.165, 1.54) is 6.42 Å². The molecule has 4 nitrogen and oxygen atoms in total. The number of carboxylic acids is 1. The second kappa shape index (κ2) is 5.64. The highest BCUT2D eigenvalue weighted by Gasteiger charge is 2.35. The summed E-state index contributed by atoms with van der Waals surface area (Å²) >= 11 is 0. The van der Waals surface area contributed by atoms with Crippen LogP contribution in [0.15, 0.2) is 0 Å². The van der Waals surface area contributed by atoms with Crippen molar-refractivity contribution < 1.29 is 9.90 Å². The second-order valence-corrected chi connectivity index (χ2v) is 4.89. The van der Waals surface area contributed by atoms with Gasteiger partial charge < -0.3 is 15.3 Å². The number of rotatable bonds is 6. The van der Waals surface area contributed by atoms with Crippen molar-refractivity contribution in [2.75, 3.05) is 26.7 Å². The highest BCUT2D eigenvalue weighted by Crippen LogP contribution is 2.19. The third kappa shape index (κ3) is 2.95. The van der Waals surface area contributed by atoms with Crippen LogP contribution in [-0.2, 0) is 4.79 Å². The van der Waals surface area contributed by atoms with E-state index in [1.54, 1.807) is 0 Å². The average Bonchev–Trinajstić information content (AvgIpc) is 2.66. The molecule has 0 saturated carbocycles. The van der Waals surface area contributed by atoms with E-state index in [2.05, 4.69) is 17.3 Å². The Bertz CT molecular complexity index is 239. The van der Waals surface area contributed by atoms with Gasteiger partial charge in [-0.1, -0.05) is 13.8 Å². The molecule has 1 rings (SSSR count). The number of aliphatic carboxylic acids is 1. The lowest BCUT2D eigenvalue weighted by Crippen LogP contribution is -2.52. The topological polar surface area (TPSA) is 52.6 Å². The summed E-state index contributed by atoms with van der Waals surface area (Å²) in [7, 11) is 2.12. The summed E-state index contributed by atoms with van der Waals surface area (Å²) in [5, 5.41) is 12.5. The van der Waals surface area contributed by atoms with Gasteiger partial charge in [0, 0.05) is 13.1 Å². The van der Waals surface area contributed by atoms with Gasteiger partial charge in [-0.25, -0.2) is 0 Å². The number of hydrogen-bond donors (Lipinski definition) is 2. The van der Waals surface area contributed by atoms with Crippen molar-refractivity contribution in [1.29, 1.82) is 0 Å². The summed E-state index contributed by atoms with van der Waals surface area (Å²) in [6, 6.07) is 0. The number of carboxylic acid groups (broad SMARTS) is 1. The standard InChI is InChI=1S/C12H24N2O2/c1-4-12(5-2,11(15)16)13-8-10-6-7-14(3)9-10/h10,13H,4-9H2,1-3H3,(H,15,16). The predicted octanol–water partition coefficient (Wildman–Crippen LogP) is 1.17. The molecule has 0 aromatic heterocycles. The molecule has 1 heterocycles. The third-order valence-electron chi connectivity index (χ3n) is 3.83. The van der Waals surface area contributed by atoms with E-state index in [0.29, 0.717) is 18.8 Å². The molecule has 2 N–H and O–H groups in total. The molecule has 1 fully saturated rings. The largest absolute Gasteiger partial charge is 0.480 e. The molecule has 0 spiro atoms. The Labute approximate surface area is 98.0 Å². The normalized spacial score (nSPS) is 22.6. The fraction of sp³-hybridized carbons (Fsp3) is 0.917. The second-order valence-electron chi connectivity index (χ2n) is 4.89. The van der Waals surface area contributed by atoms with E-state index in [9.17, 15) is 9.90 Å². The van der Waals surface area contributed by atoms with Crippen molar-refractivity contribution in [2.45, 2.75) is 38.6 Å². The smallest absolute Gasteiger partial charge is 0.323 e. The van der Waals surface area contributed by atoms with E-state index < -0.39 is 11.5 Å². The molecule has 4 heteroatoms. The Morgan fingerprint density at radius 3 is 2.50 bits per heavy atom. The summed E-state index contributed by atoms with van der Waals surface area (Å²) in [6.07, 6.45) is 2.45. The first-order chi connectivity index (χ1) is 7.54. The lowest BCUT2D eigenvalue weighted by molar-refractivity contribution is -0.145. The van der Waals surface area contributed by atoms with E-state index in [1.807, 2.05) is 13.8 Å². The molecule has 1 atom stereocenters. The van der Waals surface area contributed by atoms with Crippen LogP contribution in [0.4, 0.5) is 0 Å². The molecule has 0 amide bonds. The zero-order valence-corrected chi connectivity index (χ0v) is 10.6. The molecule has 1 aliphatic rings. The molecule has 0 radical (unpaired) electrons. The van der Waals surface area contributed by atoms with Crippen molar-refractivity contribution in [3.8, 4) is 0 Å². The maximum absolute atomic E-state index is 11.3. The minimum Gasteiger partial charge on any atom is -0.480 e. The number of hydrogen-bond acceptors (Lipinski definition) is 3. The maximum atomic E-state index is 11.3. The minimum absolute atomic E-state index is 0.599. The van der Waals surface area contributed by atoms with Gasteiger partial charge >= 0.3 is 5.97 Å². The van der Waals surface area contributed by atoms with Crippen LogP contribution in [-0.4, -0.2) is 48.2 Å². The summed E-state index contributed by atoms with van der Waals surface area (Å²) < 4.78 is 0. The number of nitrogens with one attached hydrogen (secondary N) is 1. The Morgan fingerprint density at radius 2 is 2.12 bits per heavy atom. The van der Waals surface area contributed by atoms with E-state index in [0.717, 1.165) is 19.6 Å². The molecule has 0 bridgehead atoms. The first-order valence-corrected chi connectivity index (χ1v) is 6.21. The first-order valence-electron chi connectivity index (χ1n) is 6.21. The molecular formula is C12H24N2O2. The molecule has 0 aliphatic carbocycles. The maximum Gasteiger partial charge on any atom is 0.323 e. The average molecular weight is 228 g/mol. The molecule has 16 heavy (non-hydrogen) atoms. The van der Waals surface area contributed by atoms with Crippen molar-refractivity contribution in [3.63, 3.8) is 0 Å². The van der Waals surface area contributed by atoms with Crippen LogP contribution in [0.2, 0.25) is 0 Å². The van der Waals surface area contributed by atoms with E-state index in [4.69, 9.17) is 0 Å². The molecule has 0 aromatic rings. The summed E-state index contributed by atoms with van der Waals surface area (Å²) in [6.45, 7) is 6.90. The lowest BCUT2D eigenvalue weighted by Gasteiger charge is -2.29. The molecule has 94 valence electrons. The Balaban J connectivity index is 2.47. The molecule has 0 aromatic carbocycles. The minimum atomic E-state index is -0.721. The Kier molecular flexibility index (Phi) is 4.74. The molecular weight excluding hydrogens is 204 g/mol. The summed E-state index contributed by atoms with van der Waals surface area (Å²) in [4.78, 5) is 13.6. The van der Waals surface area contributed by atoms with Gasteiger partial charge in [0.1, 0.15) is 5.54 Å². The van der Waals surface area contributed by atoms with Gasteiger partial charge in [0.15, 0.2) is 0 Å². The zero-order chi connectivity index (χ0) is 12.2. The lowest BCUT2D eigenvalue weighted by atomic mass is 9.92. The van der Waals surface area contributed by atoms with Crippen molar-refractivity contribution in [2.24, 2.45) is 5.92 Å². The Morgan fingerprint density at radius 1 is 1.50 bits per heavy atom. The van der Waals surface area contributed by atoms with Gasteiger partial charge in [0.2, 0.25) is 0 Å². The quantitative estimate of drug-likeness (QED) is 0.716. The van der Waals surface area contributed by atoms with Crippen LogP contribution < -0.4 is 5.32 Å². The van der Waals surface area contributed by atoms with Crippen LogP contribution in [0.5, 0.6) is 0 Å². The van der Waals surface area contributed by atoms with Crippen LogP contribution in [0.25, 0.3) is 0 Å². The highest BCUT2D eigenvalue weighted by atomic mass is 16.4. The van der Waals surface area contributed by atoms with E-state index in [-0.39, 0.29) is 0 Å². The van der Waals surface area contributed by atoms with Gasteiger partial charge in [0.05, 0.1) is 0 Å². The highest BCUT2D eigenvalue weighted by molar-refractivity contribution is 5.78. The molecule has 1 unspecified atom stereocenters. The fourth-order valence-electron chi connectivity index (χ4n) is 2.41. The van der Waals surface area contributed by atoms with Crippen LogP contribution >= 0.6 is 0 Å². The SMILES string of the molecule is CCC(CC)(NCC1CCN(C)C1)C(=O)O. The van der Waals surface area contributed by atoms with Gasteiger partial charge in [-0.05, 0) is 38.8 Å². The van der Waals surface area contributed by atoms with Crippen LogP contribution in [0.1, 0.15) is 33.1 Å². The molecule has 1 saturated heterocycles. The number of carbonyl (C=O) groups is 1. The van der Waals surface area contributed by atoms with Crippen molar-refractivity contribution in [1.82, 2.24) is 10.2 Å². The number of likely N-dealkylation sites (tertiary alicyclic amines) is 1. The number of nitrogens with zero attached hydrogens (tertiary/aromatic N) is 1. The zero-order valence-electron chi connectivity index (χ0n) is 10.6. The third-order valence-corrected chi connectivity index (χ3v) is 3.83. The van der Waals surface area contributed by atoms with Gasteiger partial charge in [-0.2, -0.15) is 0 Å². The predicted molar refractivity (Wildman–Crippen MR) is 64.6 cm³/mol. The first kappa shape index (κ1) is 13.5. The van der Waals surface area contributed by atoms with Gasteiger partial charge in [-0.15, -0.1) is 0 Å². The Hall–Kier alpha value is -0.610. The van der Waals surface area contributed by atoms with Crippen LogP contribution in [0.3, 0.4) is 0 Å². The van der Waals surface area contributed by atoms with E-state index >= 15 is 0 Å². The summed E-state index contributed by atoms with van der Waals surface area (Å²) in [5.74, 6) is -0.120. The van der Waals surface area contributed by atoms with Gasteiger partial charge in [-0.3, -0.25) is 4.79 Å². The summed E-state index contributed by atoms with van der Waals surface area (Å²) in [5.41, 5.74) is -0.721. The monoisotopic (exact) mass is 228 g/mol. The fourth-order valence-corrected chi connectivity index (χ4v) is 2.41. The van der Waals surface area contributed by atoms with Crippen molar-refractivity contribution in [3.05, 3.63) is 0 Å². The van der Waals surface area contributed by atoms with Gasteiger partial charge in [0.25, 0.3) is 0 Å². The van der Waals surface area contributed by atoms with Crippen LogP contribution in [0, 0.1) is 5.92 Å². The molecule has 1 aliphatic heterocycles.